The molecule has 0 saturated heterocycles. The topological polar surface area (TPSA) is 105 Å². The average Bonchev–Trinajstić information content (AvgIpc) is 2.56. The number of carbonyl (C=O) groups excluding carboxylic acids is 1. The molecule has 0 heterocycles. The van der Waals surface area contributed by atoms with Crippen molar-refractivity contribution in [3.63, 3.8) is 0 Å². The van der Waals surface area contributed by atoms with Crippen LogP contribution in [0, 0.1) is 10.1 Å². The number of rotatable bonds is 5. The van der Waals surface area contributed by atoms with Gasteiger partial charge in [-0.2, -0.15) is 5.10 Å². The Hall–Kier alpha value is -3.22. The van der Waals surface area contributed by atoms with Crippen molar-refractivity contribution in [3.8, 4) is 5.75 Å². The molecule has 1 amide bonds. The highest BCUT2D eigenvalue weighted by Gasteiger charge is 2.18. The lowest BCUT2D eigenvalue weighted by molar-refractivity contribution is -0.385. The van der Waals surface area contributed by atoms with Gasteiger partial charge in [-0.1, -0.05) is 19.1 Å². The van der Waals surface area contributed by atoms with Gasteiger partial charge in [-0.3, -0.25) is 14.9 Å². The van der Waals surface area contributed by atoms with E-state index in [9.17, 15) is 20.0 Å². The van der Waals surface area contributed by atoms with Gasteiger partial charge in [0.2, 0.25) is 0 Å². The number of hydrazone groups is 1. The maximum Gasteiger partial charge on any atom is 0.282 e. The van der Waals surface area contributed by atoms with E-state index in [0.29, 0.717) is 12.1 Å². The van der Waals surface area contributed by atoms with Crippen LogP contribution in [0.25, 0.3) is 0 Å². The van der Waals surface area contributed by atoms with Crippen molar-refractivity contribution in [3.05, 3.63) is 69.8 Å². The molecule has 0 spiro atoms. The van der Waals surface area contributed by atoms with E-state index in [-0.39, 0.29) is 17.0 Å². The van der Waals surface area contributed by atoms with Gasteiger partial charge in [0.25, 0.3) is 11.6 Å². The number of amides is 1. The molecule has 118 valence electrons. The van der Waals surface area contributed by atoms with E-state index in [4.69, 9.17) is 0 Å². The summed E-state index contributed by atoms with van der Waals surface area (Å²) in [5.74, 6) is -0.518. The maximum atomic E-state index is 12.1. The molecule has 0 saturated carbocycles. The first-order valence-corrected chi connectivity index (χ1v) is 6.92. The minimum Gasteiger partial charge on any atom is -0.508 e. The molecule has 7 heteroatoms. The van der Waals surface area contributed by atoms with Gasteiger partial charge < -0.3 is 5.11 Å². The molecule has 0 unspecified atom stereocenters. The molecular formula is C16H15N3O4. The van der Waals surface area contributed by atoms with Crippen molar-refractivity contribution in [2.75, 3.05) is 0 Å². The van der Waals surface area contributed by atoms with Crippen LogP contribution in [0.3, 0.4) is 0 Å². The largest absolute Gasteiger partial charge is 0.508 e. The fraction of sp³-hybridized carbons (Fsp3) is 0.125. The van der Waals surface area contributed by atoms with Crippen LogP contribution >= 0.6 is 0 Å². The number of carbonyl (C=O) groups is 1. The molecule has 7 nitrogen and oxygen atoms in total. The summed E-state index contributed by atoms with van der Waals surface area (Å²) < 4.78 is 0. The van der Waals surface area contributed by atoms with Crippen LogP contribution in [0.4, 0.5) is 5.69 Å². The Morgan fingerprint density at radius 1 is 1.22 bits per heavy atom. The summed E-state index contributed by atoms with van der Waals surface area (Å²) in [5, 5.41) is 24.3. The molecule has 0 atom stereocenters. The summed E-state index contributed by atoms with van der Waals surface area (Å²) in [6.45, 7) is 1.86. The second kappa shape index (κ2) is 7.17. The van der Waals surface area contributed by atoms with Gasteiger partial charge in [0.1, 0.15) is 11.3 Å². The van der Waals surface area contributed by atoms with E-state index < -0.39 is 10.8 Å². The predicted molar refractivity (Wildman–Crippen MR) is 85.5 cm³/mol. The van der Waals surface area contributed by atoms with E-state index in [1.54, 1.807) is 18.2 Å². The Bertz CT molecular complexity index is 754. The third-order valence-corrected chi connectivity index (χ3v) is 3.17. The van der Waals surface area contributed by atoms with Gasteiger partial charge in [0.15, 0.2) is 0 Å². The summed E-state index contributed by atoms with van der Waals surface area (Å²) in [4.78, 5) is 22.4. The molecule has 2 rings (SSSR count). The zero-order valence-electron chi connectivity index (χ0n) is 12.4. The predicted octanol–water partition coefficient (Wildman–Crippen LogP) is 2.84. The first kappa shape index (κ1) is 16.2. The lowest BCUT2D eigenvalue weighted by Crippen LogP contribution is -2.21. The highest BCUT2D eigenvalue weighted by atomic mass is 16.6. The molecule has 0 fully saturated rings. The van der Waals surface area contributed by atoms with Gasteiger partial charge in [-0.05, 0) is 42.3 Å². The second-order valence-corrected chi connectivity index (χ2v) is 4.67. The van der Waals surface area contributed by atoms with E-state index in [1.807, 2.05) is 6.92 Å². The summed E-state index contributed by atoms with van der Waals surface area (Å²) in [6, 6.07) is 12.1. The zero-order chi connectivity index (χ0) is 16.8. The summed E-state index contributed by atoms with van der Waals surface area (Å²) >= 11 is 0. The van der Waals surface area contributed by atoms with Crippen LogP contribution in [-0.2, 0) is 0 Å². The zero-order valence-corrected chi connectivity index (χ0v) is 12.4. The normalized spacial score (nSPS) is 11.1. The molecular weight excluding hydrogens is 298 g/mol. The number of phenolic OH excluding ortho intramolecular Hbond substituents is 1. The minimum absolute atomic E-state index is 0.0533. The number of nitrogens with zero attached hydrogens (tertiary/aromatic N) is 2. The number of nitrogens with one attached hydrogen (secondary N) is 1. The maximum absolute atomic E-state index is 12.1. The summed E-state index contributed by atoms with van der Waals surface area (Å²) in [5.41, 5.74) is 3.35. The second-order valence-electron chi connectivity index (χ2n) is 4.67. The van der Waals surface area contributed by atoms with Crippen LogP contribution < -0.4 is 5.43 Å². The van der Waals surface area contributed by atoms with Crippen molar-refractivity contribution < 1.29 is 14.8 Å². The van der Waals surface area contributed by atoms with Crippen LogP contribution in [0.2, 0.25) is 0 Å². The molecule has 0 bridgehead atoms. The number of hydrogen-bond acceptors (Lipinski definition) is 5. The van der Waals surface area contributed by atoms with Gasteiger partial charge in [-0.15, -0.1) is 0 Å². The Kier molecular flexibility index (Phi) is 5.03. The molecule has 0 aliphatic carbocycles. The molecule has 23 heavy (non-hydrogen) atoms. The van der Waals surface area contributed by atoms with E-state index in [1.165, 1.54) is 30.3 Å². The Morgan fingerprint density at radius 2 is 1.87 bits per heavy atom. The number of para-hydroxylation sites is 1. The molecule has 0 radical (unpaired) electrons. The number of benzene rings is 2. The van der Waals surface area contributed by atoms with E-state index in [0.717, 1.165) is 5.56 Å². The number of nitro benzene ring substituents is 1. The van der Waals surface area contributed by atoms with Gasteiger partial charge >= 0.3 is 0 Å². The summed E-state index contributed by atoms with van der Waals surface area (Å²) in [7, 11) is 0. The van der Waals surface area contributed by atoms with Crippen LogP contribution in [-0.4, -0.2) is 21.6 Å². The number of aromatic hydroxyl groups is 1. The van der Waals surface area contributed by atoms with Crippen molar-refractivity contribution in [2.45, 2.75) is 13.3 Å². The lowest BCUT2D eigenvalue weighted by Gasteiger charge is -2.06. The van der Waals surface area contributed by atoms with Crippen molar-refractivity contribution >= 4 is 17.3 Å². The standard InChI is InChI=1S/C16H15N3O4/c1-2-14(11-7-9-12(20)10-8-11)17-18-16(21)13-5-3-4-6-15(13)19(22)23/h3-10,20H,2H2,1H3,(H,18,21). The quantitative estimate of drug-likeness (QED) is 0.503. The van der Waals surface area contributed by atoms with E-state index >= 15 is 0 Å². The molecule has 2 aromatic carbocycles. The van der Waals surface area contributed by atoms with Crippen LogP contribution in [0.15, 0.2) is 53.6 Å². The number of phenols is 1. The van der Waals surface area contributed by atoms with Crippen molar-refractivity contribution in [2.24, 2.45) is 5.10 Å². The third-order valence-electron chi connectivity index (χ3n) is 3.17. The Labute approximate surface area is 132 Å². The summed E-state index contributed by atoms with van der Waals surface area (Å²) in [6.07, 6.45) is 0.544. The molecule has 0 aliphatic rings. The van der Waals surface area contributed by atoms with Crippen LogP contribution in [0.5, 0.6) is 5.75 Å². The Balaban J connectivity index is 2.22. The van der Waals surface area contributed by atoms with E-state index in [2.05, 4.69) is 10.5 Å². The smallest absolute Gasteiger partial charge is 0.282 e. The fourth-order valence-electron chi connectivity index (χ4n) is 2.00. The number of nitro groups is 1. The van der Waals surface area contributed by atoms with Crippen LogP contribution in [0.1, 0.15) is 29.3 Å². The van der Waals surface area contributed by atoms with Crippen molar-refractivity contribution in [1.29, 1.82) is 0 Å². The number of hydrogen-bond donors (Lipinski definition) is 2. The van der Waals surface area contributed by atoms with Gasteiger partial charge in [0.05, 0.1) is 10.6 Å². The minimum atomic E-state index is -0.651. The molecule has 2 N–H and O–H groups in total. The first-order chi connectivity index (χ1) is 11.0. The SMILES string of the molecule is CCC(=NNC(=O)c1ccccc1[N+](=O)[O-])c1ccc(O)cc1. The van der Waals surface area contributed by atoms with Gasteiger partial charge in [0, 0.05) is 6.07 Å². The van der Waals surface area contributed by atoms with Crippen molar-refractivity contribution in [1.82, 2.24) is 5.43 Å². The first-order valence-electron chi connectivity index (χ1n) is 6.92. The average molecular weight is 313 g/mol. The highest BCUT2D eigenvalue weighted by Crippen LogP contribution is 2.17. The lowest BCUT2D eigenvalue weighted by atomic mass is 10.1. The molecule has 0 aromatic heterocycles. The third kappa shape index (κ3) is 3.91. The monoisotopic (exact) mass is 313 g/mol. The molecule has 2 aromatic rings. The molecule has 0 aliphatic heterocycles. The fourth-order valence-corrected chi connectivity index (χ4v) is 2.00. The van der Waals surface area contributed by atoms with Gasteiger partial charge in [-0.25, -0.2) is 5.43 Å². The Morgan fingerprint density at radius 3 is 2.48 bits per heavy atom. The highest BCUT2D eigenvalue weighted by molar-refractivity contribution is 6.03.